The van der Waals surface area contributed by atoms with Crippen LogP contribution in [0.5, 0.6) is 0 Å². The number of nitrogens with one attached hydrogen (secondary N) is 1. The van der Waals surface area contributed by atoms with Gasteiger partial charge < -0.3 is 15.0 Å². The fraction of sp³-hybridized carbons (Fsp3) is 0.273. The van der Waals surface area contributed by atoms with Crippen LogP contribution in [-0.2, 0) is 23.2 Å². The molecule has 1 fully saturated rings. The number of thiophene rings is 1. The van der Waals surface area contributed by atoms with Crippen molar-refractivity contribution in [3.8, 4) is 11.1 Å². The van der Waals surface area contributed by atoms with Gasteiger partial charge in [-0.25, -0.2) is 9.97 Å². The highest BCUT2D eigenvalue weighted by molar-refractivity contribution is 7.17. The first-order valence-electron chi connectivity index (χ1n) is 10.0. The second-order valence-corrected chi connectivity index (χ2v) is 8.32. The number of ether oxygens (including phenoxy) is 1. The van der Waals surface area contributed by atoms with Crippen LogP contribution < -0.4 is 10.2 Å². The summed E-state index contributed by atoms with van der Waals surface area (Å²) in [5.41, 5.74) is 2.96. The van der Waals surface area contributed by atoms with Crippen molar-refractivity contribution in [3.63, 3.8) is 0 Å². The van der Waals surface area contributed by atoms with Crippen LogP contribution >= 0.6 is 11.3 Å². The van der Waals surface area contributed by atoms with Gasteiger partial charge in [0.1, 0.15) is 23.3 Å². The van der Waals surface area contributed by atoms with E-state index in [0.29, 0.717) is 31.2 Å². The first-order valence-corrected chi connectivity index (χ1v) is 10.9. The number of methoxy groups -OCH3 is 1. The summed E-state index contributed by atoms with van der Waals surface area (Å²) in [5, 5.41) is 10.6. The van der Waals surface area contributed by atoms with Crippen LogP contribution in [0.4, 0.5) is 11.5 Å². The number of hydrogen-bond donors (Lipinski definition) is 1. The summed E-state index contributed by atoms with van der Waals surface area (Å²) in [6.07, 6.45) is 4.25. The van der Waals surface area contributed by atoms with Crippen LogP contribution in [0.1, 0.15) is 12.2 Å². The zero-order chi connectivity index (χ0) is 21.4. The molecular weight excluding hydrogens is 412 g/mol. The third-order valence-electron chi connectivity index (χ3n) is 5.36. The average molecular weight is 435 g/mol. The van der Waals surface area contributed by atoms with Crippen LogP contribution in [0.25, 0.3) is 21.3 Å². The highest BCUT2D eigenvalue weighted by Gasteiger charge is 2.34. The number of carbonyl (C=O) groups is 1. The summed E-state index contributed by atoms with van der Waals surface area (Å²) < 4.78 is 6.96. The molecule has 1 unspecified atom stereocenters. The van der Waals surface area contributed by atoms with Crippen LogP contribution in [-0.4, -0.2) is 45.4 Å². The topological polar surface area (TPSA) is 85.2 Å². The Bertz CT molecular complexity index is 1240. The fourth-order valence-corrected chi connectivity index (χ4v) is 4.86. The molecule has 0 radical (unpaired) electrons. The van der Waals surface area contributed by atoms with Crippen molar-refractivity contribution in [2.45, 2.75) is 19.1 Å². The van der Waals surface area contributed by atoms with Gasteiger partial charge in [-0.05, 0) is 12.0 Å². The van der Waals surface area contributed by atoms with E-state index in [1.165, 1.54) is 0 Å². The van der Waals surface area contributed by atoms with E-state index in [1.807, 2.05) is 31.4 Å². The molecule has 1 amide bonds. The van der Waals surface area contributed by atoms with Gasteiger partial charge in [-0.2, -0.15) is 5.10 Å². The van der Waals surface area contributed by atoms with Crippen LogP contribution in [0.15, 0.2) is 48.1 Å². The molecule has 8 nitrogen and oxygen atoms in total. The number of aromatic nitrogens is 4. The van der Waals surface area contributed by atoms with Crippen molar-refractivity contribution in [2.75, 3.05) is 23.9 Å². The van der Waals surface area contributed by atoms with Gasteiger partial charge in [0.25, 0.3) is 0 Å². The maximum atomic E-state index is 13.1. The molecule has 5 rings (SSSR count). The molecule has 31 heavy (non-hydrogen) atoms. The number of benzene rings is 1. The minimum Gasteiger partial charge on any atom is -0.377 e. The Kier molecular flexibility index (Phi) is 5.13. The van der Waals surface area contributed by atoms with Crippen LogP contribution in [0.2, 0.25) is 0 Å². The lowest BCUT2D eigenvalue weighted by Crippen LogP contribution is -2.33. The number of fused-ring (bicyclic) bond motifs is 1. The Labute approximate surface area is 183 Å². The second kappa shape index (κ2) is 8.09. The van der Waals surface area contributed by atoms with Crippen molar-refractivity contribution in [1.82, 2.24) is 19.7 Å². The summed E-state index contributed by atoms with van der Waals surface area (Å²) in [5.74, 6) is 1.28. The largest absolute Gasteiger partial charge is 0.377 e. The van der Waals surface area contributed by atoms with Gasteiger partial charge in [-0.3, -0.25) is 9.48 Å². The molecule has 0 spiro atoms. The summed E-state index contributed by atoms with van der Waals surface area (Å²) in [6, 6.07) is 9.79. The van der Waals surface area contributed by atoms with Gasteiger partial charge in [0.15, 0.2) is 5.82 Å². The Hall–Kier alpha value is -3.30. The minimum atomic E-state index is -0.364. The van der Waals surface area contributed by atoms with E-state index < -0.39 is 0 Å². The maximum Gasteiger partial charge on any atom is 0.249 e. The highest BCUT2D eigenvalue weighted by atomic mass is 32.1. The second-order valence-electron chi connectivity index (χ2n) is 7.46. The van der Waals surface area contributed by atoms with Crippen LogP contribution in [0, 0.1) is 0 Å². The van der Waals surface area contributed by atoms with E-state index in [1.54, 1.807) is 34.2 Å². The Morgan fingerprint density at radius 1 is 1.26 bits per heavy atom. The van der Waals surface area contributed by atoms with E-state index in [2.05, 4.69) is 32.9 Å². The minimum absolute atomic E-state index is 0.0181. The monoisotopic (exact) mass is 434 g/mol. The van der Waals surface area contributed by atoms with E-state index in [4.69, 9.17) is 9.72 Å². The summed E-state index contributed by atoms with van der Waals surface area (Å²) in [7, 11) is 3.47. The smallest absolute Gasteiger partial charge is 0.249 e. The summed E-state index contributed by atoms with van der Waals surface area (Å²) in [4.78, 5) is 25.1. The molecule has 1 aliphatic heterocycles. The number of amides is 1. The van der Waals surface area contributed by atoms with Crippen LogP contribution in [0.3, 0.4) is 0 Å². The number of anilines is 2. The number of aryl methyl sites for hydroxylation is 1. The predicted octanol–water partition coefficient (Wildman–Crippen LogP) is 3.46. The normalized spacial score (nSPS) is 16.4. The highest BCUT2D eigenvalue weighted by Crippen LogP contribution is 2.37. The lowest BCUT2D eigenvalue weighted by atomic mass is 10.1. The summed E-state index contributed by atoms with van der Waals surface area (Å²) >= 11 is 1.57. The van der Waals surface area contributed by atoms with E-state index in [-0.39, 0.29) is 11.9 Å². The lowest BCUT2D eigenvalue weighted by Gasteiger charge is -2.17. The molecule has 1 atom stereocenters. The van der Waals surface area contributed by atoms with Crippen molar-refractivity contribution in [2.24, 2.45) is 7.05 Å². The third kappa shape index (κ3) is 3.66. The summed E-state index contributed by atoms with van der Waals surface area (Å²) in [6.45, 7) is 0.945. The molecule has 0 bridgehead atoms. The molecule has 4 aromatic rings. The van der Waals surface area contributed by atoms with Gasteiger partial charge in [0, 0.05) is 37.8 Å². The average Bonchev–Trinajstić information content (AvgIpc) is 3.48. The van der Waals surface area contributed by atoms with Crippen molar-refractivity contribution in [3.05, 3.63) is 53.9 Å². The third-order valence-corrected chi connectivity index (χ3v) is 6.23. The van der Waals surface area contributed by atoms with Crippen molar-refractivity contribution >= 4 is 39.0 Å². The zero-order valence-electron chi connectivity index (χ0n) is 17.3. The molecule has 3 aromatic heterocycles. The number of rotatable bonds is 6. The number of hydrogen-bond acceptors (Lipinski definition) is 7. The Morgan fingerprint density at radius 3 is 2.84 bits per heavy atom. The van der Waals surface area contributed by atoms with Crippen molar-refractivity contribution in [1.29, 1.82) is 0 Å². The molecular formula is C22H22N6O2S. The SMILES string of the molecule is COCc1nc(NC2CCN(c3cnn(C)c3)C2=O)c2c(-c3ccccc3)csc2n1. The van der Waals surface area contributed by atoms with Crippen molar-refractivity contribution < 1.29 is 9.53 Å². The van der Waals surface area contributed by atoms with Gasteiger partial charge in [-0.1, -0.05) is 30.3 Å². The Balaban J connectivity index is 1.52. The molecule has 4 heterocycles. The quantitative estimate of drug-likeness (QED) is 0.500. The fourth-order valence-electron chi connectivity index (χ4n) is 3.90. The molecule has 1 aliphatic rings. The molecule has 158 valence electrons. The van der Waals surface area contributed by atoms with Gasteiger partial charge in [0.2, 0.25) is 5.91 Å². The first-order chi connectivity index (χ1) is 15.1. The molecule has 1 aromatic carbocycles. The maximum absolute atomic E-state index is 13.1. The Morgan fingerprint density at radius 2 is 2.10 bits per heavy atom. The van der Waals surface area contributed by atoms with Gasteiger partial charge in [0.05, 0.1) is 17.3 Å². The van der Waals surface area contributed by atoms with E-state index in [9.17, 15) is 4.79 Å². The van der Waals surface area contributed by atoms with E-state index in [0.717, 1.165) is 27.0 Å². The predicted molar refractivity (Wildman–Crippen MR) is 121 cm³/mol. The van der Waals surface area contributed by atoms with Gasteiger partial charge in [-0.15, -0.1) is 11.3 Å². The standard InChI is InChI=1S/C22H22N6O2S/c1-27-11-15(10-23-27)28-9-8-17(22(28)29)24-20-19-16(14-6-4-3-5-7-14)13-31-21(19)26-18(25-20)12-30-2/h3-7,10-11,13,17H,8-9,12H2,1-2H3,(H,24,25,26). The molecule has 9 heteroatoms. The molecule has 0 saturated carbocycles. The number of carbonyl (C=O) groups excluding carboxylic acids is 1. The van der Waals surface area contributed by atoms with E-state index >= 15 is 0 Å². The zero-order valence-corrected chi connectivity index (χ0v) is 18.1. The first kappa shape index (κ1) is 19.7. The van der Waals surface area contributed by atoms with Gasteiger partial charge >= 0.3 is 0 Å². The molecule has 1 saturated heterocycles. The lowest BCUT2D eigenvalue weighted by molar-refractivity contribution is -0.117. The number of nitrogens with zero attached hydrogens (tertiary/aromatic N) is 5. The molecule has 1 N–H and O–H groups in total. The molecule has 0 aliphatic carbocycles.